The van der Waals surface area contributed by atoms with Crippen LogP contribution in [0.15, 0.2) is 24.5 Å². The molecule has 0 spiro atoms. The molecule has 0 aliphatic carbocycles. The Balaban J connectivity index is 2.08. The molecule has 0 saturated heterocycles. The molecule has 2 heterocycles. The summed E-state index contributed by atoms with van der Waals surface area (Å²) in [4.78, 5) is 13.9. The fraction of sp³-hybridized carbons (Fsp3) is 0.444. The summed E-state index contributed by atoms with van der Waals surface area (Å²) in [5.41, 5.74) is 3.90. The van der Waals surface area contributed by atoms with E-state index in [4.69, 9.17) is 9.84 Å². The Kier molecular flexibility index (Phi) is 4.57. The highest BCUT2D eigenvalue weighted by Crippen LogP contribution is 2.42. The van der Waals surface area contributed by atoms with E-state index in [2.05, 4.69) is 12.0 Å². The van der Waals surface area contributed by atoms with Crippen molar-refractivity contribution in [3.05, 3.63) is 30.1 Å². The number of amides is 1. The van der Waals surface area contributed by atoms with Crippen LogP contribution in [-0.4, -0.2) is 40.6 Å². The minimum Gasteiger partial charge on any atom is -0.496 e. The third-order valence-electron chi connectivity index (χ3n) is 4.56. The number of aliphatic hydroxyl groups is 1. The number of benzene rings is 1. The highest BCUT2D eigenvalue weighted by molar-refractivity contribution is 5.95. The van der Waals surface area contributed by atoms with Crippen molar-refractivity contribution in [1.82, 2.24) is 9.78 Å². The predicted octanol–water partition coefficient (Wildman–Crippen LogP) is 2.24. The van der Waals surface area contributed by atoms with Gasteiger partial charge in [-0.2, -0.15) is 5.10 Å². The van der Waals surface area contributed by atoms with Crippen LogP contribution in [0.3, 0.4) is 0 Å². The standard InChI is InChI=1S/C18H23N3O3/c1-12-4-5-16-17(21(12)13(2)23)7-6-15(18(16)24-3)14-10-19-20(11-14)8-9-22/h6-7,10-12,22H,4-5,8-9H2,1-3H3. The van der Waals surface area contributed by atoms with Crippen LogP contribution in [0.4, 0.5) is 5.69 Å². The Bertz CT molecular complexity index is 754. The highest BCUT2D eigenvalue weighted by Gasteiger charge is 2.29. The Morgan fingerprint density at radius 3 is 2.92 bits per heavy atom. The number of nitrogens with zero attached hydrogens (tertiary/aromatic N) is 3. The van der Waals surface area contributed by atoms with Gasteiger partial charge in [0.25, 0.3) is 0 Å². The van der Waals surface area contributed by atoms with Crippen molar-refractivity contribution in [1.29, 1.82) is 0 Å². The number of ether oxygens (including phenoxy) is 1. The van der Waals surface area contributed by atoms with Gasteiger partial charge in [0.05, 0.1) is 32.1 Å². The molecule has 128 valence electrons. The number of aromatic nitrogens is 2. The number of carbonyl (C=O) groups excluding carboxylic acids is 1. The molecule has 1 unspecified atom stereocenters. The van der Waals surface area contributed by atoms with E-state index in [1.54, 1.807) is 24.9 Å². The highest BCUT2D eigenvalue weighted by atomic mass is 16.5. The molecule has 3 rings (SSSR count). The maximum atomic E-state index is 12.0. The topological polar surface area (TPSA) is 67.6 Å². The Morgan fingerprint density at radius 1 is 1.46 bits per heavy atom. The van der Waals surface area contributed by atoms with E-state index in [9.17, 15) is 4.79 Å². The van der Waals surface area contributed by atoms with E-state index in [1.165, 1.54) is 0 Å². The number of anilines is 1. The average Bonchev–Trinajstić information content (AvgIpc) is 3.01. The second-order valence-electron chi connectivity index (χ2n) is 6.14. The molecular formula is C18H23N3O3. The summed E-state index contributed by atoms with van der Waals surface area (Å²) < 4.78 is 7.41. The molecule has 1 aromatic heterocycles. The maximum Gasteiger partial charge on any atom is 0.224 e. The zero-order valence-electron chi connectivity index (χ0n) is 14.3. The van der Waals surface area contributed by atoms with E-state index in [0.717, 1.165) is 41.0 Å². The quantitative estimate of drug-likeness (QED) is 0.934. The molecular weight excluding hydrogens is 306 g/mol. The maximum absolute atomic E-state index is 12.0. The number of hydrogen-bond acceptors (Lipinski definition) is 4. The molecule has 6 nitrogen and oxygen atoms in total. The summed E-state index contributed by atoms with van der Waals surface area (Å²) in [6.45, 7) is 4.19. The molecule has 2 aromatic rings. The van der Waals surface area contributed by atoms with Crippen LogP contribution in [0.5, 0.6) is 5.75 Å². The molecule has 0 fully saturated rings. The van der Waals surface area contributed by atoms with Gasteiger partial charge in [0.2, 0.25) is 5.91 Å². The van der Waals surface area contributed by atoms with E-state index >= 15 is 0 Å². The third-order valence-corrected chi connectivity index (χ3v) is 4.56. The fourth-order valence-electron chi connectivity index (χ4n) is 3.47. The lowest BCUT2D eigenvalue weighted by molar-refractivity contribution is -0.117. The molecule has 0 radical (unpaired) electrons. The van der Waals surface area contributed by atoms with E-state index in [1.807, 2.05) is 23.2 Å². The zero-order valence-corrected chi connectivity index (χ0v) is 14.3. The summed E-state index contributed by atoms with van der Waals surface area (Å²) in [5.74, 6) is 0.850. The van der Waals surface area contributed by atoms with Crippen LogP contribution in [0.25, 0.3) is 11.1 Å². The van der Waals surface area contributed by atoms with Crippen molar-refractivity contribution < 1.29 is 14.6 Å². The van der Waals surface area contributed by atoms with Crippen molar-refractivity contribution in [3.63, 3.8) is 0 Å². The first kappa shape index (κ1) is 16.5. The van der Waals surface area contributed by atoms with Gasteiger partial charge < -0.3 is 14.7 Å². The second kappa shape index (κ2) is 6.65. The molecule has 0 bridgehead atoms. The molecule has 1 atom stereocenters. The van der Waals surface area contributed by atoms with E-state index in [-0.39, 0.29) is 18.6 Å². The predicted molar refractivity (Wildman–Crippen MR) is 92.2 cm³/mol. The molecule has 1 N–H and O–H groups in total. The van der Waals surface area contributed by atoms with Gasteiger partial charge in [0, 0.05) is 35.9 Å². The molecule has 1 aliphatic heterocycles. The van der Waals surface area contributed by atoms with Crippen molar-refractivity contribution in [2.24, 2.45) is 0 Å². The van der Waals surface area contributed by atoms with Gasteiger partial charge in [-0.25, -0.2) is 0 Å². The van der Waals surface area contributed by atoms with Crippen LogP contribution in [0, 0.1) is 0 Å². The third kappa shape index (κ3) is 2.78. The number of carbonyl (C=O) groups is 1. The first-order valence-electron chi connectivity index (χ1n) is 8.20. The van der Waals surface area contributed by atoms with Gasteiger partial charge in [0.1, 0.15) is 5.75 Å². The monoisotopic (exact) mass is 329 g/mol. The van der Waals surface area contributed by atoms with Crippen molar-refractivity contribution in [2.75, 3.05) is 18.6 Å². The second-order valence-corrected chi connectivity index (χ2v) is 6.14. The van der Waals surface area contributed by atoms with Gasteiger partial charge in [-0.3, -0.25) is 9.48 Å². The molecule has 1 aromatic carbocycles. The van der Waals surface area contributed by atoms with Gasteiger partial charge >= 0.3 is 0 Å². The SMILES string of the molecule is COc1c(-c2cnn(CCO)c2)ccc2c1CCC(C)N2C(C)=O. The van der Waals surface area contributed by atoms with E-state index < -0.39 is 0 Å². The summed E-state index contributed by atoms with van der Waals surface area (Å²) in [6, 6.07) is 4.16. The van der Waals surface area contributed by atoms with Gasteiger partial charge in [-0.1, -0.05) is 0 Å². The zero-order chi connectivity index (χ0) is 17.3. The fourth-order valence-corrected chi connectivity index (χ4v) is 3.47. The first-order chi connectivity index (χ1) is 11.6. The minimum atomic E-state index is 0.0495. The van der Waals surface area contributed by atoms with Gasteiger partial charge in [-0.15, -0.1) is 0 Å². The number of hydrogen-bond donors (Lipinski definition) is 1. The lowest BCUT2D eigenvalue weighted by Crippen LogP contribution is -2.40. The van der Waals surface area contributed by atoms with Crippen molar-refractivity contribution in [2.45, 2.75) is 39.3 Å². The van der Waals surface area contributed by atoms with Crippen LogP contribution in [0.1, 0.15) is 25.8 Å². The first-order valence-corrected chi connectivity index (χ1v) is 8.20. The van der Waals surface area contributed by atoms with Crippen LogP contribution in [-0.2, 0) is 17.8 Å². The summed E-state index contributed by atoms with van der Waals surface area (Å²) >= 11 is 0. The molecule has 6 heteroatoms. The Labute approximate surface area is 141 Å². The van der Waals surface area contributed by atoms with E-state index in [0.29, 0.717) is 6.54 Å². The number of aliphatic hydroxyl groups excluding tert-OH is 1. The van der Waals surface area contributed by atoms with Crippen LogP contribution >= 0.6 is 0 Å². The van der Waals surface area contributed by atoms with Crippen LogP contribution in [0.2, 0.25) is 0 Å². The largest absolute Gasteiger partial charge is 0.496 e. The summed E-state index contributed by atoms with van der Waals surface area (Å²) in [6.07, 6.45) is 5.46. The molecule has 1 amide bonds. The number of methoxy groups -OCH3 is 1. The molecule has 1 aliphatic rings. The van der Waals surface area contributed by atoms with Gasteiger partial charge in [-0.05, 0) is 31.9 Å². The van der Waals surface area contributed by atoms with Crippen molar-refractivity contribution in [3.8, 4) is 16.9 Å². The van der Waals surface area contributed by atoms with Crippen LogP contribution < -0.4 is 9.64 Å². The normalized spacial score (nSPS) is 16.8. The van der Waals surface area contributed by atoms with Gasteiger partial charge in [0.15, 0.2) is 0 Å². The number of rotatable bonds is 4. The lowest BCUT2D eigenvalue weighted by Gasteiger charge is -2.35. The smallest absolute Gasteiger partial charge is 0.224 e. The summed E-state index contributed by atoms with van der Waals surface area (Å²) in [7, 11) is 1.66. The van der Waals surface area contributed by atoms with Crippen molar-refractivity contribution >= 4 is 11.6 Å². The lowest BCUT2D eigenvalue weighted by atomic mass is 9.92. The average molecular weight is 329 g/mol. The molecule has 0 saturated carbocycles. The summed E-state index contributed by atoms with van der Waals surface area (Å²) in [5, 5.41) is 13.3. The Morgan fingerprint density at radius 2 is 2.25 bits per heavy atom. The number of fused-ring (bicyclic) bond motifs is 1. The molecule has 24 heavy (non-hydrogen) atoms. The Hall–Kier alpha value is -2.34. The minimum absolute atomic E-state index is 0.0495.